The van der Waals surface area contributed by atoms with Gasteiger partial charge in [-0.1, -0.05) is 22.0 Å². The maximum atomic E-state index is 12.8. The first-order valence-electron chi connectivity index (χ1n) is 9.20. The minimum Gasteiger partial charge on any atom is -0.492 e. The van der Waals surface area contributed by atoms with Gasteiger partial charge in [-0.05, 0) is 42.5 Å². The molecule has 0 N–H and O–H groups in total. The lowest BCUT2D eigenvalue weighted by atomic mass is 10.2. The monoisotopic (exact) mass is 482 g/mol. The molecule has 1 fully saturated rings. The number of benzene rings is 2. The molecule has 1 aliphatic heterocycles. The van der Waals surface area contributed by atoms with Gasteiger partial charge in [-0.3, -0.25) is 4.79 Å². The summed E-state index contributed by atoms with van der Waals surface area (Å²) in [5.41, 5.74) is 0.325. The number of hydrogen-bond acceptors (Lipinski definition) is 5. The highest BCUT2D eigenvalue weighted by Gasteiger charge is 2.27. The van der Waals surface area contributed by atoms with Gasteiger partial charge in [0, 0.05) is 30.2 Å². The Morgan fingerprint density at radius 1 is 1.17 bits per heavy atom. The number of nitrogens with zero attached hydrogens (tertiary/aromatic N) is 2. The summed E-state index contributed by atoms with van der Waals surface area (Å²) in [5, 5.41) is 0. The van der Waals surface area contributed by atoms with Gasteiger partial charge in [0.1, 0.15) is 12.4 Å². The van der Waals surface area contributed by atoms with Crippen molar-refractivity contribution in [2.24, 2.45) is 0 Å². The summed E-state index contributed by atoms with van der Waals surface area (Å²) >= 11 is 3.37. The van der Waals surface area contributed by atoms with E-state index in [9.17, 15) is 13.2 Å². The largest absolute Gasteiger partial charge is 0.492 e. The van der Waals surface area contributed by atoms with Crippen LogP contribution < -0.4 is 4.74 Å². The molecular weight excluding hydrogens is 460 g/mol. The van der Waals surface area contributed by atoms with Crippen molar-refractivity contribution in [3.63, 3.8) is 0 Å². The van der Waals surface area contributed by atoms with Gasteiger partial charge in [0.2, 0.25) is 10.0 Å². The minimum atomic E-state index is -3.65. The molecule has 0 saturated carbocycles. The maximum absolute atomic E-state index is 12.8. The maximum Gasteiger partial charge on any atom is 0.253 e. The molecule has 0 spiro atoms. The van der Waals surface area contributed by atoms with E-state index >= 15 is 0 Å². The molecule has 3 rings (SSSR count). The average molecular weight is 483 g/mol. The Morgan fingerprint density at radius 3 is 2.55 bits per heavy atom. The number of amides is 1. The van der Waals surface area contributed by atoms with Crippen LogP contribution in [0.25, 0.3) is 0 Å². The summed E-state index contributed by atoms with van der Waals surface area (Å²) in [4.78, 5) is 14.4. The number of halogens is 1. The van der Waals surface area contributed by atoms with Crippen molar-refractivity contribution in [3.8, 4) is 5.75 Å². The summed E-state index contributed by atoms with van der Waals surface area (Å²) in [5.74, 6) is 0.455. The van der Waals surface area contributed by atoms with Crippen molar-refractivity contribution in [2.75, 3.05) is 46.5 Å². The predicted molar refractivity (Wildman–Crippen MR) is 113 cm³/mol. The normalized spacial score (nSPS) is 15.1. The summed E-state index contributed by atoms with van der Waals surface area (Å²) in [6, 6.07) is 13.6. The van der Waals surface area contributed by atoms with Gasteiger partial charge >= 0.3 is 0 Å². The van der Waals surface area contributed by atoms with Crippen molar-refractivity contribution in [1.82, 2.24) is 9.21 Å². The quantitative estimate of drug-likeness (QED) is 0.606. The zero-order valence-corrected chi connectivity index (χ0v) is 18.5. The van der Waals surface area contributed by atoms with Crippen LogP contribution in [0.4, 0.5) is 0 Å². The predicted octanol–water partition coefficient (Wildman–Crippen LogP) is 2.62. The Hall–Kier alpha value is -1.94. The molecule has 1 saturated heterocycles. The number of likely N-dealkylation sites (N-methyl/N-ethyl adjacent to an activating group) is 1. The van der Waals surface area contributed by atoms with E-state index in [2.05, 4.69) is 15.9 Å². The molecule has 2 aromatic rings. The average Bonchev–Trinajstić information content (AvgIpc) is 2.75. The zero-order chi connectivity index (χ0) is 20.9. The Morgan fingerprint density at radius 2 is 1.86 bits per heavy atom. The molecule has 1 aliphatic rings. The van der Waals surface area contributed by atoms with Gasteiger partial charge in [0.25, 0.3) is 5.91 Å². The van der Waals surface area contributed by atoms with E-state index < -0.39 is 10.0 Å². The molecule has 29 heavy (non-hydrogen) atoms. The molecule has 9 heteroatoms. The molecule has 2 aromatic carbocycles. The second-order valence-electron chi connectivity index (χ2n) is 6.57. The fraction of sp³-hybridized carbons (Fsp3) is 0.350. The van der Waals surface area contributed by atoms with Crippen molar-refractivity contribution in [2.45, 2.75) is 4.90 Å². The number of carbonyl (C=O) groups is 1. The first-order valence-corrected chi connectivity index (χ1v) is 11.4. The molecule has 0 aliphatic carbocycles. The lowest BCUT2D eigenvalue weighted by molar-refractivity contribution is 0.0730. The van der Waals surface area contributed by atoms with Gasteiger partial charge < -0.3 is 14.4 Å². The molecule has 0 unspecified atom stereocenters. The molecule has 0 bridgehead atoms. The molecule has 1 amide bonds. The minimum absolute atomic E-state index is 0.116. The van der Waals surface area contributed by atoms with E-state index in [-0.39, 0.29) is 10.8 Å². The van der Waals surface area contributed by atoms with Crippen LogP contribution in [-0.4, -0.2) is 70.0 Å². The molecular formula is C20H23BrN2O5S. The van der Waals surface area contributed by atoms with Crippen molar-refractivity contribution in [3.05, 3.63) is 58.6 Å². The van der Waals surface area contributed by atoms with Gasteiger partial charge in [-0.15, -0.1) is 0 Å². The van der Waals surface area contributed by atoms with Crippen LogP contribution in [0, 0.1) is 0 Å². The van der Waals surface area contributed by atoms with E-state index in [1.807, 2.05) is 24.3 Å². The molecule has 1 heterocycles. The highest BCUT2D eigenvalue weighted by atomic mass is 79.9. The van der Waals surface area contributed by atoms with Crippen LogP contribution in [-0.2, 0) is 14.8 Å². The topological polar surface area (TPSA) is 76.2 Å². The third-order valence-electron chi connectivity index (χ3n) is 4.54. The van der Waals surface area contributed by atoms with Crippen LogP contribution in [0.15, 0.2) is 57.9 Å². The summed E-state index contributed by atoms with van der Waals surface area (Å²) in [6.45, 7) is 2.07. The lowest BCUT2D eigenvalue weighted by Gasteiger charge is -2.26. The molecule has 156 valence electrons. The number of morpholine rings is 1. The van der Waals surface area contributed by atoms with Crippen molar-refractivity contribution >= 4 is 31.9 Å². The number of hydrogen-bond donors (Lipinski definition) is 0. The third kappa shape index (κ3) is 5.57. The Kier molecular flexibility index (Phi) is 7.28. The van der Waals surface area contributed by atoms with E-state index in [1.165, 1.54) is 21.3 Å². The fourth-order valence-corrected chi connectivity index (χ4v) is 4.60. The first-order chi connectivity index (χ1) is 13.9. The van der Waals surface area contributed by atoms with Crippen LogP contribution in [0.2, 0.25) is 0 Å². The highest BCUT2D eigenvalue weighted by molar-refractivity contribution is 9.10. The van der Waals surface area contributed by atoms with Crippen LogP contribution in [0.3, 0.4) is 0 Å². The first kappa shape index (κ1) is 21.8. The third-order valence-corrected chi connectivity index (χ3v) is 6.97. The number of carbonyl (C=O) groups excluding carboxylic acids is 1. The SMILES string of the molecule is CN(CCOc1ccc(Br)cc1)C(=O)c1cccc(S(=O)(=O)N2CCOCC2)c1. The summed E-state index contributed by atoms with van der Waals surface area (Å²) in [6.07, 6.45) is 0. The van der Waals surface area contributed by atoms with Gasteiger partial charge in [0.05, 0.1) is 24.7 Å². The van der Waals surface area contributed by atoms with Gasteiger partial charge in [-0.2, -0.15) is 4.31 Å². The standard InChI is InChI=1S/C20H23BrN2O5S/c1-22(9-14-28-18-7-5-17(21)6-8-18)20(24)16-3-2-4-19(15-16)29(25,26)23-10-12-27-13-11-23/h2-8,15H,9-14H2,1H3. The molecule has 0 radical (unpaired) electrons. The molecule has 0 aromatic heterocycles. The van der Waals surface area contributed by atoms with E-state index in [0.29, 0.717) is 50.8 Å². The van der Waals surface area contributed by atoms with Crippen LogP contribution in [0.1, 0.15) is 10.4 Å². The van der Waals surface area contributed by atoms with Crippen LogP contribution >= 0.6 is 15.9 Å². The van der Waals surface area contributed by atoms with E-state index in [0.717, 1.165) is 4.47 Å². The molecule has 7 nitrogen and oxygen atoms in total. The Labute approximate surface area is 179 Å². The van der Waals surface area contributed by atoms with Crippen LogP contribution in [0.5, 0.6) is 5.75 Å². The van der Waals surface area contributed by atoms with Crippen molar-refractivity contribution < 1.29 is 22.7 Å². The number of ether oxygens (including phenoxy) is 2. The summed E-state index contributed by atoms with van der Waals surface area (Å²) in [7, 11) is -1.98. The zero-order valence-electron chi connectivity index (χ0n) is 16.1. The van der Waals surface area contributed by atoms with Gasteiger partial charge in [0.15, 0.2) is 0 Å². The second kappa shape index (κ2) is 9.71. The summed E-state index contributed by atoms with van der Waals surface area (Å²) < 4.78 is 38.8. The highest BCUT2D eigenvalue weighted by Crippen LogP contribution is 2.19. The second-order valence-corrected chi connectivity index (χ2v) is 9.43. The fourth-order valence-electron chi connectivity index (χ4n) is 2.88. The van der Waals surface area contributed by atoms with Gasteiger partial charge in [-0.25, -0.2) is 8.42 Å². The van der Waals surface area contributed by atoms with Crippen molar-refractivity contribution in [1.29, 1.82) is 0 Å². The number of rotatable bonds is 7. The Bertz CT molecular complexity index is 944. The Balaban J connectivity index is 1.62. The molecule has 0 atom stereocenters. The van der Waals surface area contributed by atoms with E-state index in [1.54, 1.807) is 19.2 Å². The lowest BCUT2D eigenvalue weighted by Crippen LogP contribution is -2.40. The smallest absolute Gasteiger partial charge is 0.253 e. The number of sulfonamides is 1. The van der Waals surface area contributed by atoms with E-state index in [4.69, 9.17) is 9.47 Å².